The van der Waals surface area contributed by atoms with Crippen molar-refractivity contribution in [2.24, 2.45) is 23.7 Å². The predicted molar refractivity (Wildman–Crippen MR) is 97.8 cm³/mol. The third kappa shape index (κ3) is 9.55. The van der Waals surface area contributed by atoms with Crippen LogP contribution in [0.5, 0.6) is 0 Å². The summed E-state index contributed by atoms with van der Waals surface area (Å²) in [6.07, 6.45) is 11.0. The number of hydrogen-bond acceptors (Lipinski definition) is 1. The van der Waals surface area contributed by atoms with E-state index in [1.54, 1.807) is 0 Å². The SMILES string of the molecule is CCCC(C(C)CCC(C)CCCC(C)C)C(CC)NC. The molecule has 1 nitrogen and oxygen atoms in total. The quantitative estimate of drug-likeness (QED) is 0.422. The fourth-order valence-corrected chi connectivity index (χ4v) is 3.72. The molecule has 0 radical (unpaired) electrons. The van der Waals surface area contributed by atoms with Crippen LogP contribution in [0.15, 0.2) is 0 Å². The number of rotatable bonds is 13. The van der Waals surface area contributed by atoms with E-state index in [0.717, 1.165) is 23.7 Å². The molecule has 1 N–H and O–H groups in total. The summed E-state index contributed by atoms with van der Waals surface area (Å²) >= 11 is 0. The van der Waals surface area contributed by atoms with Gasteiger partial charge in [0.25, 0.3) is 0 Å². The van der Waals surface area contributed by atoms with E-state index in [0.29, 0.717) is 6.04 Å². The first kappa shape index (κ1) is 21.0. The molecule has 4 atom stereocenters. The Hall–Kier alpha value is -0.0400. The molecule has 0 aliphatic carbocycles. The lowest BCUT2D eigenvalue weighted by Gasteiger charge is -2.32. The van der Waals surface area contributed by atoms with Gasteiger partial charge in [0.05, 0.1) is 0 Å². The maximum absolute atomic E-state index is 3.55. The minimum absolute atomic E-state index is 0.705. The Labute approximate surface area is 135 Å². The van der Waals surface area contributed by atoms with E-state index >= 15 is 0 Å². The standard InChI is InChI=1S/C20H43N/c1-8-11-19(20(9-2)21-7)18(6)15-14-17(5)13-10-12-16(3)4/h16-21H,8-15H2,1-7H3. The summed E-state index contributed by atoms with van der Waals surface area (Å²) in [5.41, 5.74) is 0. The minimum Gasteiger partial charge on any atom is -0.317 e. The van der Waals surface area contributed by atoms with Crippen molar-refractivity contribution in [1.29, 1.82) is 0 Å². The minimum atomic E-state index is 0.705. The average Bonchev–Trinajstić information content (AvgIpc) is 2.44. The first-order chi connectivity index (χ1) is 9.96. The maximum atomic E-state index is 3.55. The Morgan fingerprint density at radius 2 is 1.48 bits per heavy atom. The number of nitrogens with one attached hydrogen (secondary N) is 1. The molecule has 0 aromatic heterocycles. The molecule has 0 spiro atoms. The molecule has 0 aromatic carbocycles. The first-order valence-corrected chi connectivity index (χ1v) is 9.63. The van der Waals surface area contributed by atoms with Crippen molar-refractivity contribution in [3.63, 3.8) is 0 Å². The van der Waals surface area contributed by atoms with Gasteiger partial charge in [0.15, 0.2) is 0 Å². The van der Waals surface area contributed by atoms with E-state index < -0.39 is 0 Å². The van der Waals surface area contributed by atoms with Crippen LogP contribution in [0.4, 0.5) is 0 Å². The maximum Gasteiger partial charge on any atom is 0.00922 e. The van der Waals surface area contributed by atoms with Gasteiger partial charge < -0.3 is 5.32 Å². The smallest absolute Gasteiger partial charge is 0.00922 e. The van der Waals surface area contributed by atoms with Gasteiger partial charge in [-0.05, 0) is 43.6 Å². The number of hydrogen-bond donors (Lipinski definition) is 1. The van der Waals surface area contributed by atoms with Gasteiger partial charge in [-0.15, -0.1) is 0 Å². The summed E-state index contributed by atoms with van der Waals surface area (Å²) < 4.78 is 0. The van der Waals surface area contributed by atoms with Crippen molar-refractivity contribution < 1.29 is 0 Å². The van der Waals surface area contributed by atoms with Gasteiger partial charge >= 0.3 is 0 Å². The second-order valence-electron chi connectivity index (χ2n) is 7.74. The zero-order valence-corrected chi connectivity index (χ0v) is 16.0. The van der Waals surface area contributed by atoms with E-state index in [9.17, 15) is 0 Å². The highest BCUT2D eigenvalue weighted by Crippen LogP contribution is 2.29. The third-order valence-corrected chi connectivity index (χ3v) is 5.27. The molecule has 0 aliphatic heterocycles. The Kier molecular flexibility index (Phi) is 12.5. The van der Waals surface area contributed by atoms with E-state index in [2.05, 4.69) is 53.9 Å². The van der Waals surface area contributed by atoms with Crippen LogP contribution in [0.3, 0.4) is 0 Å². The highest BCUT2D eigenvalue weighted by molar-refractivity contribution is 4.78. The second kappa shape index (κ2) is 12.5. The molecule has 0 amide bonds. The topological polar surface area (TPSA) is 12.0 Å². The average molecular weight is 298 g/mol. The van der Waals surface area contributed by atoms with Crippen LogP contribution < -0.4 is 5.32 Å². The zero-order chi connectivity index (χ0) is 16.3. The lowest BCUT2D eigenvalue weighted by atomic mass is 9.79. The van der Waals surface area contributed by atoms with Crippen LogP contribution in [0.2, 0.25) is 0 Å². The molecule has 0 aromatic rings. The highest BCUT2D eigenvalue weighted by Gasteiger charge is 2.23. The Morgan fingerprint density at radius 3 is 1.95 bits per heavy atom. The van der Waals surface area contributed by atoms with Gasteiger partial charge in [-0.25, -0.2) is 0 Å². The van der Waals surface area contributed by atoms with Crippen molar-refractivity contribution in [2.45, 2.75) is 99.0 Å². The van der Waals surface area contributed by atoms with Crippen LogP contribution in [0, 0.1) is 23.7 Å². The summed E-state index contributed by atoms with van der Waals surface area (Å²) in [6.45, 7) is 14.3. The lowest BCUT2D eigenvalue weighted by molar-refractivity contribution is 0.224. The summed E-state index contributed by atoms with van der Waals surface area (Å²) in [6, 6.07) is 0.705. The molecule has 128 valence electrons. The van der Waals surface area contributed by atoms with Crippen molar-refractivity contribution in [3.8, 4) is 0 Å². The highest BCUT2D eigenvalue weighted by atomic mass is 14.9. The summed E-state index contributed by atoms with van der Waals surface area (Å²) in [5, 5.41) is 3.55. The van der Waals surface area contributed by atoms with Crippen molar-refractivity contribution in [3.05, 3.63) is 0 Å². The molecule has 1 heteroatoms. The zero-order valence-electron chi connectivity index (χ0n) is 16.0. The normalized spacial score (nSPS) is 17.7. The van der Waals surface area contributed by atoms with Crippen LogP contribution in [-0.2, 0) is 0 Å². The van der Waals surface area contributed by atoms with Crippen LogP contribution in [0.25, 0.3) is 0 Å². The van der Waals surface area contributed by atoms with Gasteiger partial charge in [-0.3, -0.25) is 0 Å². The predicted octanol–water partition coefficient (Wildman–Crippen LogP) is 6.28. The summed E-state index contributed by atoms with van der Waals surface area (Å²) in [5.74, 6) is 3.48. The Balaban J connectivity index is 4.14. The molecule has 0 heterocycles. The molecule has 0 aliphatic rings. The van der Waals surface area contributed by atoms with Gasteiger partial charge in [0.1, 0.15) is 0 Å². The molecule has 0 fully saturated rings. The van der Waals surface area contributed by atoms with E-state index in [-0.39, 0.29) is 0 Å². The third-order valence-electron chi connectivity index (χ3n) is 5.27. The van der Waals surface area contributed by atoms with Gasteiger partial charge in [0.2, 0.25) is 0 Å². The Morgan fingerprint density at radius 1 is 0.810 bits per heavy atom. The van der Waals surface area contributed by atoms with Gasteiger partial charge in [-0.2, -0.15) is 0 Å². The summed E-state index contributed by atoms with van der Waals surface area (Å²) in [7, 11) is 2.14. The fourth-order valence-electron chi connectivity index (χ4n) is 3.72. The molecular weight excluding hydrogens is 254 g/mol. The van der Waals surface area contributed by atoms with E-state index in [1.165, 1.54) is 51.4 Å². The van der Waals surface area contributed by atoms with Crippen LogP contribution >= 0.6 is 0 Å². The molecule has 0 rings (SSSR count). The first-order valence-electron chi connectivity index (χ1n) is 9.63. The Bertz CT molecular complexity index is 220. The largest absolute Gasteiger partial charge is 0.317 e. The molecule has 0 bridgehead atoms. The summed E-state index contributed by atoms with van der Waals surface area (Å²) in [4.78, 5) is 0. The molecule has 0 saturated heterocycles. The molecular formula is C20H43N. The molecule has 21 heavy (non-hydrogen) atoms. The van der Waals surface area contributed by atoms with Gasteiger partial charge in [-0.1, -0.05) is 80.1 Å². The molecule has 0 saturated carbocycles. The monoisotopic (exact) mass is 297 g/mol. The van der Waals surface area contributed by atoms with Crippen LogP contribution in [0.1, 0.15) is 92.9 Å². The van der Waals surface area contributed by atoms with E-state index in [1.807, 2.05) is 0 Å². The van der Waals surface area contributed by atoms with Crippen LogP contribution in [-0.4, -0.2) is 13.1 Å². The molecule has 4 unspecified atom stereocenters. The van der Waals surface area contributed by atoms with E-state index in [4.69, 9.17) is 0 Å². The fraction of sp³-hybridized carbons (Fsp3) is 1.00. The lowest BCUT2D eigenvalue weighted by Crippen LogP contribution is -2.36. The van der Waals surface area contributed by atoms with Crippen molar-refractivity contribution in [2.75, 3.05) is 7.05 Å². The van der Waals surface area contributed by atoms with Crippen molar-refractivity contribution >= 4 is 0 Å². The van der Waals surface area contributed by atoms with Crippen molar-refractivity contribution in [1.82, 2.24) is 5.32 Å². The second-order valence-corrected chi connectivity index (χ2v) is 7.74. The van der Waals surface area contributed by atoms with Gasteiger partial charge in [0, 0.05) is 6.04 Å².